The predicted octanol–water partition coefficient (Wildman–Crippen LogP) is 12.7. The lowest BCUT2D eigenvalue weighted by molar-refractivity contribution is 0.768. The van der Waals surface area contributed by atoms with Gasteiger partial charge in [0.05, 0.1) is 10.8 Å². The molecule has 0 fully saturated rings. The highest BCUT2D eigenvalue weighted by molar-refractivity contribution is 5.88. The van der Waals surface area contributed by atoms with Gasteiger partial charge in [-0.25, -0.2) is 0 Å². The summed E-state index contributed by atoms with van der Waals surface area (Å²) in [6.45, 7) is 4.40. The molecular weight excluding hydrogens is 625 g/mol. The maximum atomic E-state index is 2.34. The van der Waals surface area contributed by atoms with Gasteiger partial charge in [-0.05, 0) is 86.2 Å². The Hall–Kier alpha value is -6.24. The molecule has 0 unspecified atom stereocenters. The summed E-state index contributed by atoms with van der Waals surface area (Å²) in [6, 6.07) is 75.1. The highest BCUT2D eigenvalue weighted by Gasteiger charge is 2.47. The zero-order chi connectivity index (χ0) is 35.1. The summed E-state index contributed by atoms with van der Waals surface area (Å²) in [6.07, 6.45) is 0. The Labute approximate surface area is 307 Å². The Morgan fingerprint density at radius 1 is 0.288 bits per heavy atom. The van der Waals surface area contributed by atoms with Crippen molar-refractivity contribution in [2.24, 2.45) is 0 Å². The Morgan fingerprint density at radius 3 is 1.19 bits per heavy atom. The number of benzene rings is 8. The fraction of sp³-hybridized carbons (Fsp3) is 0.0769. The second-order valence-electron chi connectivity index (χ2n) is 14.1. The molecule has 10 rings (SSSR count). The SMILES string of the molecule is Cc1ccc2c(c1)-c1ccccc1C2(c1ccccc1)c1ccccc1.Cc1cccc2c1-c1ccccc1C2(c1ccccc1)c1ccccc1. The van der Waals surface area contributed by atoms with Crippen molar-refractivity contribution in [1.29, 1.82) is 0 Å². The lowest BCUT2D eigenvalue weighted by Crippen LogP contribution is -2.28. The molecule has 0 saturated heterocycles. The summed E-state index contributed by atoms with van der Waals surface area (Å²) in [5, 5.41) is 0. The second-order valence-corrected chi connectivity index (χ2v) is 14.1. The molecule has 0 radical (unpaired) electrons. The third-order valence-corrected chi connectivity index (χ3v) is 11.3. The monoisotopic (exact) mass is 664 g/mol. The molecule has 248 valence electrons. The summed E-state index contributed by atoms with van der Waals surface area (Å²) in [5.74, 6) is 0. The topological polar surface area (TPSA) is 0 Å². The molecule has 0 saturated carbocycles. The van der Waals surface area contributed by atoms with Gasteiger partial charge in [0.1, 0.15) is 0 Å². The van der Waals surface area contributed by atoms with Crippen molar-refractivity contribution in [1.82, 2.24) is 0 Å². The molecule has 8 aromatic rings. The van der Waals surface area contributed by atoms with Crippen molar-refractivity contribution >= 4 is 0 Å². The van der Waals surface area contributed by atoms with Crippen LogP contribution in [0.4, 0.5) is 0 Å². The van der Waals surface area contributed by atoms with E-state index in [1.807, 2.05) is 0 Å². The molecule has 0 nitrogen and oxygen atoms in total. The van der Waals surface area contributed by atoms with Crippen molar-refractivity contribution in [3.8, 4) is 22.3 Å². The minimum absolute atomic E-state index is 0.262. The van der Waals surface area contributed by atoms with E-state index in [0.29, 0.717) is 0 Å². The molecule has 0 heteroatoms. The molecule has 0 N–H and O–H groups in total. The van der Waals surface area contributed by atoms with Gasteiger partial charge in [-0.1, -0.05) is 212 Å². The maximum Gasteiger partial charge on any atom is 0.0713 e. The first-order chi connectivity index (χ1) is 25.6. The largest absolute Gasteiger partial charge is 0.0713 e. The van der Waals surface area contributed by atoms with E-state index in [0.717, 1.165) is 0 Å². The van der Waals surface area contributed by atoms with E-state index in [1.54, 1.807) is 0 Å². The quantitative estimate of drug-likeness (QED) is 0.176. The van der Waals surface area contributed by atoms with Crippen molar-refractivity contribution in [3.63, 3.8) is 0 Å². The lowest BCUT2D eigenvalue weighted by Gasteiger charge is -2.33. The molecule has 0 atom stereocenters. The smallest absolute Gasteiger partial charge is 0.0622 e. The average molecular weight is 665 g/mol. The van der Waals surface area contributed by atoms with Crippen LogP contribution in [0.3, 0.4) is 0 Å². The zero-order valence-electron chi connectivity index (χ0n) is 29.6. The van der Waals surface area contributed by atoms with Crippen LogP contribution in [0.1, 0.15) is 55.6 Å². The van der Waals surface area contributed by atoms with Crippen molar-refractivity contribution in [3.05, 3.63) is 262 Å². The third-order valence-electron chi connectivity index (χ3n) is 11.3. The average Bonchev–Trinajstić information content (AvgIpc) is 3.69. The Balaban J connectivity index is 0.000000138. The van der Waals surface area contributed by atoms with Crippen LogP contribution in [-0.4, -0.2) is 0 Å². The van der Waals surface area contributed by atoms with Gasteiger partial charge >= 0.3 is 0 Å². The van der Waals surface area contributed by atoms with Crippen LogP contribution in [0.15, 0.2) is 206 Å². The minimum Gasteiger partial charge on any atom is -0.0622 e. The molecule has 52 heavy (non-hydrogen) atoms. The molecule has 2 aliphatic carbocycles. The summed E-state index contributed by atoms with van der Waals surface area (Å²) >= 11 is 0. The molecule has 0 amide bonds. The van der Waals surface area contributed by atoms with Gasteiger partial charge in [-0.3, -0.25) is 0 Å². The van der Waals surface area contributed by atoms with Crippen LogP contribution in [0.25, 0.3) is 22.3 Å². The minimum atomic E-state index is -0.263. The van der Waals surface area contributed by atoms with Gasteiger partial charge < -0.3 is 0 Å². The van der Waals surface area contributed by atoms with Crippen molar-refractivity contribution in [2.45, 2.75) is 24.7 Å². The molecule has 0 bridgehead atoms. The second kappa shape index (κ2) is 12.8. The Morgan fingerprint density at radius 2 is 0.673 bits per heavy atom. The van der Waals surface area contributed by atoms with Gasteiger partial charge in [0.15, 0.2) is 0 Å². The fourth-order valence-electron chi connectivity index (χ4n) is 9.24. The first kappa shape index (κ1) is 31.7. The van der Waals surface area contributed by atoms with Gasteiger partial charge in [0.2, 0.25) is 0 Å². The fourth-order valence-corrected chi connectivity index (χ4v) is 9.24. The highest BCUT2D eigenvalue weighted by atomic mass is 14.5. The van der Waals surface area contributed by atoms with E-state index in [4.69, 9.17) is 0 Å². The van der Waals surface area contributed by atoms with Crippen molar-refractivity contribution in [2.75, 3.05) is 0 Å². The van der Waals surface area contributed by atoms with Crippen LogP contribution in [0.2, 0.25) is 0 Å². The Bertz CT molecular complexity index is 2430. The highest BCUT2D eigenvalue weighted by Crippen LogP contribution is 2.57. The summed E-state index contributed by atoms with van der Waals surface area (Å²) in [5.41, 5.74) is 18.4. The van der Waals surface area contributed by atoms with E-state index in [9.17, 15) is 0 Å². The molecule has 0 aliphatic heterocycles. The van der Waals surface area contributed by atoms with E-state index >= 15 is 0 Å². The van der Waals surface area contributed by atoms with Crippen LogP contribution in [0, 0.1) is 13.8 Å². The van der Waals surface area contributed by atoms with E-state index in [-0.39, 0.29) is 10.8 Å². The van der Waals surface area contributed by atoms with Gasteiger partial charge in [-0.2, -0.15) is 0 Å². The molecular formula is C52H40. The summed E-state index contributed by atoms with van der Waals surface area (Å²) < 4.78 is 0. The van der Waals surface area contributed by atoms with E-state index in [2.05, 4.69) is 220 Å². The van der Waals surface area contributed by atoms with Crippen LogP contribution >= 0.6 is 0 Å². The molecule has 0 heterocycles. The summed E-state index contributed by atoms with van der Waals surface area (Å²) in [4.78, 5) is 0. The van der Waals surface area contributed by atoms with E-state index < -0.39 is 0 Å². The number of hydrogen-bond donors (Lipinski definition) is 0. The molecule has 0 spiro atoms. The van der Waals surface area contributed by atoms with Gasteiger partial charge in [-0.15, -0.1) is 0 Å². The first-order valence-electron chi connectivity index (χ1n) is 18.3. The van der Waals surface area contributed by atoms with Crippen LogP contribution < -0.4 is 0 Å². The molecule has 2 aliphatic rings. The molecule has 0 aromatic heterocycles. The maximum absolute atomic E-state index is 2.34. The van der Waals surface area contributed by atoms with Crippen LogP contribution in [-0.2, 0) is 10.8 Å². The number of fused-ring (bicyclic) bond motifs is 6. The lowest BCUT2D eigenvalue weighted by atomic mass is 9.67. The van der Waals surface area contributed by atoms with Gasteiger partial charge in [0.25, 0.3) is 0 Å². The first-order valence-corrected chi connectivity index (χ1v) is 18.3. The predicted molar refractivity (Wildman–Crippen MR) is 217 cm³/mol. The normalized spacial score (nSPS) is 13.9. The number of aryl methyl sites for hydroxylation is 2. The van der Waals surface area contributed by atoms with Crippen LogP contribution in [0.5, 0.6) is 0 Å². The number of rotatable bonds is 4. The van der Waals surface area contributed by atoms with Crippen molar-refractivity contribution < 1.29 is 0 Å². The zero-order valence-corrected chi connectivity index (χ0v) is 29.6. The standard InChI is InChI=1S/2C26H20/c1-19-11-10-18-24-25(19)22-16-8-9-17-23(22)26(24,20-12-4-2-5-13-20)21-14-6-3-7-15-21;1-19-16-17-25-23(18-19)22-14-8-9-15-24(22)26(25,20-10-4-2-5-11-20)21-12-6-3-7-13-21/h2*2-18H,1H3. The number of hydrogen-bond acceptors (Lipinski definition) is 0. The Kier molecular flexibility index (Phi) is 7.82. The molecule has 8 aromatic carbocycles. The van der Waals surface area contributed by atoms with E-state index in [1.165, 1.54) is 77.9 Å². The van der Waals surface area contributed by atoms with Gasteiger partial charge in [0, 0.05) is 0 Å². The third kappa shape index (κ3) is 4.68. The summed E-state index contributed by atoms with van der Waals surface area (Å²) in [7, 11) is 0.